The Morgan fingerprint density at radius 3 is 2.46 bits per heavy atom. The molecule has 0 N–H and O–H groups in total. The van der Waals surface area contributed by atoms with Gasteiger partial charge in [-0.15, -0.1) is 0 Å². The smallest absolute Gasteiger partial charge is 0.311 e. The van der Waals surface area contributed by atoms with Gasteiger partial charge in [0.2, 0.25) is 5.91 Å². The molecule has 3 heterocycles. The molecule has 1 amide bonds. The Bertz CT molecular complexity index is 1330. The van der Waals surface area contributed by atoms with Crippen LogP contribution in [0.4, 0.5) is 0 Å². The van der Waals surface area contributed by atoms with Crippen molar-refractivity contribution in [3.05, 3.63) is 65.2 Å². The normalized spacial score (nSPS) is 23.5. The van der Waals surface area contributed by atoms with Crippen LogP contribution in [0.3, 0.4) is 0 Å². The van der Waals surface area contributed by atoms with E-state index in [0.29, 0.717) is 23.7 Å². The Kier molecular flexibility index (Phi) is 7.12. The summed E-state index contributed by atoms with van der Waals surface area (Å²) in [4.78, 5) is 27.8. The van der Waals surface area contributed by atoms with E-state index < -0.39 is 0 Å². The number of benzene rings is 2. The van der Waals surface area contributed by atoms with E-state index in [2.05, 4.69) is 29.2 Å². The molecule has 39 heavy (non-hydrogen) atoms. The summed E-state index contributed by atoms with van der Waals surface area (Å²) < 4.78 is 16.4. The quantitative estimate of drug-likeness (QED) is 0.315. The number of allylic oxidation sites excluding steroid dienone is 2. The minimum atomic E-state index is -0.157. The van der Waals surface area contributed by atoms with Crippen molar-refractivity contribution in [3.63, 3.8) is 0 Å². The second-order valence-corrected chi connectivity index (χ2v) is 10.8. The summed E-state index contributed by atoms with van der Waals surface area (Å²) in [6.07, 6.45) is 8.77. The van der Waals surface area contributed by atoms with E-state index in [1.807, 2.05) is 24.3 Å². The van der Waals surface area contributed by atoms with E-state index in [1.54, 1.807) is 19.2 Å². The molecule has 1 aliphatic carbocycles. The van der Waals surface area contributed by atoms with Gasteiger partial charge in [0.05, 0.1) is 38.3 Å². The third-order valence-electron chi connectivity index (χ3n) is 8.48. The van der Waals surface area contributed by atoms with E-state index in [4.69, 9.17) is 19.3 Å². The van der Waals surface area contributed by atoms with Crippen LogP contribution >= 0.6 is 0 Å². The first-order chi connectivity index (χ1) is 19.0. The molecule has 2 atom stereocenters. The van der Waals surface area contributed by atoms with E-state index in [9.17, 15) is 9.59 Å². The van der Waals surface area contributed by atoms with Gasteiger partial charge in [0.1, 0.15) is 5.75 Å². The zero-order valence-corrected chi connectivity index (χ0v) is 22.6. The van der Waals surface area contributed by atoms with Gasteiger partial charge in [-0.2, -0.15) is 5.10 Å². The van der Waals surface area contributed by atoms with Crippen molar-refractivity contribution in [2.75, 3.05) is 27.3 Å². The number of aryl methyl sites for hydroxylation is 1. The molecule has 8 nitrogen and oxygen atoms in total. The van der Waals surface area contributed by atoms with Gasteiger partial charge in [-0.05, 0) is 67.5 Å². The highest BCUT2D eigenvalue weighted by Crippen LogP contribution is 2.38. The van der Waals surface area contributed by atoms with Crippen LogP contribution in [0, 0.1) is 11.8 Å². The number of amides is 1. The molecule has 0 radical (unpaired) electrons. The van der Waals surface area contributed by atoms with Crippen molar-refractivity contribution in [2.24, 2.45) is 16.9 Å². The number of hydrogen-bond donors (Lipinski definition) is 0. The average molecular weight is 530 g/mol. The predicted molar refractivity (Wildman–Crippen MR) is 147 cm³/mol. The monoisotopic (exact) mass is 529 g/mol. The molecule has 0 aromatic heterocycles. The van der Waals surface area contributed by atoms with Gasteiger partial charge in [0.25, 0.3) is 0 Å². The number of hydrogen-bond acceptors (Lipinski definition) is 7. The molecule has 0 saturated carbocycles. The number of fused-ring (bicyclic) bond motifs is 2. The van der Waals surface area contributed by atoms with Crippen molar-refractivity contribution in [1.29, 1.82) is 0 Å². The van der Waals surface area contributed by atoms with Crippen LogP contribution in [0.5, 0.6) is 17.2 Å². The lowest BCUT2D eigenvalue weighted by molar-refractivity contribution is -0.141. The summed E-state index contributed by atoms with van der Waals surface area (Å²) in [6, 6.07) is 12.2. The maximum absolute atomic E-state index is 13.7. The number of carbonyl (C=O) groups is 2. The lowest BCUT2D eigenvalue weighted by atomic mass is 9.76. The highest BCUT2D eigenvalue weighted by atomic mass is 16.5. The van der Waals surface area contributed by atoms with Crippen LogP contribution in [0.2, 0.25) is 0 Å². The summed E-state index contributed by atoms with van der Waals surface area (Å²) in [5, 5.41) is 6.83. The van der Waals surface area contributed by atoms with Crippen LogP contribution in [0.1, 0.15) is 48.8 Å². The Morgan fingerprint density at radius 2 is 1.69 bits per heavy atom. The van der Waals surface area contributed by atoms with Crippen LogP contribution in [0.25, 0.3) is 0 Å². The van der Waals surface area contributed by atoms with Gasteiger partial charge in [-0.1, -0.05) is 24.3 Å². The Morgan fingerprint density at radius 1 is 0.923 bits per heavy atom. The molecule has 8 heteroatoms. The third kappa shape index (κ3) is 5.05. The van der Waals surface area contributed by atoms with Crippen LogP contribution in [0.15, 0.2) is 53.7 Å². The summed E-state index contributed by atoms with van der Waals surface area (Å²) in [5.41, 5.74) is 4.16. The van der Waals surface area contributed by atoms with Gasteiger partial charge in [-0.3, -0.25) is 14.5 Å². The second kappa shape index (κ2) is 10.8. The van der Waals surface area contributed by atoms with Crippen molar-refractivity contribution < 1.29 is 23.8 Å². The fourth-order valence-corrected chi connectivity index (χ4v) is 6.32. The van der Waals surface area contributed by atoms with Gasteiger partial charge in [0.15, 0.2) is 11.5 Å². The minimum Gasteiger partial charge on any atom is -0.493 e. The van der Waals surface area contributed by atoms with Crippen LogP contribution < -0.4 is 14.2 Å². The molecule has 6 rings (SSSR count). The molecule has 0 bridgehead atoms. The Labute approximate surface area is 229 Å². The SMILES string of the molecule is COc1ccc(C2=NN(C3CCN(Cc4ccc5c(c4)OC(=O)CC5)CC3)C(=O)C3CC=CCC23)cc1OC. The second-order valence-electron chi connectivity index (χ2n) is 10.8. The molecule has 1 saturated heterocycles. The molecule has 204 valence electrons. The lowest BCUT2D eigenvalue weighted by Crippen LogP contribution is -2.52. The summed E-state index contributed by atoms with van der Waals surface area (Å²) in [5.74, 6) is 2.00. The van der Waals surface area contributed by atoms with Gasteiger partial charge >= 0.3 is 5.97 Å². The maximum Gasteiger partial charge on any atom is 0.311 e. The largest absolute Gasteiger partial charge is 0.493 e. The van der Waals surface area contributed by atoms with Gasteiger partial charge < -0.3 is 14.2 Å². The van der Waals surface area contributed by atoms with Crippen molar-refractivity contribution in [2.45, 2.75) is 51.1 Å². The standard InChI is InChI=1S/C31H35N3O5/c1-37-26-11-9-22(18-28(26)38-2)30-24-5-3-4-6-25(24)31(36)34(32-30)23-13-15-33(16-14-23)19-20-7-8-21-10-12-29(35)39-27(21)17-20/h3-4,7-9,11,17-18,23-25H,5-6,10,12-16,19H2,1-2H3. The number of ether oxygens (including phenoxy) is 3. The Balaban J connectivity index is 1.19. The summed E-state index contributed by atoms with van der Waals surface area (Å²) in [7, 11) is 3.27. The van der Waals surface area contributed by atoms with Gasteiger partial charge in [-0.25, -0.2) is 5.01 Å². The van der Waals surface area contributed by atoms with E-state index in [1.165, 1.54) is 0 Å². The maximum atomic E-state index is 13.7. The van der Waals surface area contributed by atoms with E-state index in [0.717, 1.165) is 74.1 Å². The molecule has 2 aromatic rings. The number of nitrogens with zero attached hydrogens (tertiary/aromatic N) is 3. The molecular formula is C31H35N3O5. The zero-order chi connectivity index (χ0) is 26.9. The number of methoxy groups -OCH3 is 2. The van der Waals surface area contributed by atoms with Crippen LogP contribution in [-0.2, 0) is 22.6 Å². The molecule has 3 aliphatic heterocycles. The highest BCUT2D eigenvalue weighted by Gasteiger charge is 2.43. The Hall–Kier alpha value is -3.65. The van der Waals surface area contributed by atoms with E-state index in [-0.39, 0.29) is 29.8 Å². The van der Waals surface area contributed by atoms with Crippen molar-refractivity contribution in [1.82, 2.24) is 9.91 Å². The number of piperidine rings is 1. The molecule has 1 fully saturated rings. The average Bonchev–Trinajstić information content (AvgIpc) is 2.97. The molecule has 4 aliphatic rings. The number of carbonyl (C=O) groups excluding carboxylic acids is 2. The summed E-state index contributed by atoms with van der Waals surface area (Å²) in [6.45, 7) is 2.54. The molecule has 2 aromatic carbocycles. The minimum absolute atomic E-state index is 0.0649. The first-order valence-electron chi connectivity index (χ1n) is 13.9. The van der Waals surface area contributed by atoms with Crippen LogP contribution in [-0.4, -0.2) is 60.8 Å². The topological polar surface area (TPSA) is 80.7 Å². The van der Waals surface area contributed by atoms with E-state index >= 15 is 0 Å². The van der Waals surface area contributed by atoms with Gasteiger partial charge in [0, 0.05) is 31.1 Å². The van der Waals surface area contributed by atoms with Crippen molar-refractivity contribution in [3.8, 4) is 17.2 Å². The first kappa shape index (κ1) is 25.6. The number of rotatable bonds is 6. The number of esters is 1. The third-order valence-corrected chi connectivity index (χ3v) is 8.48. The number of likely N-dealkylation sites (tertiary alicyclic amines) is 1. The number of hydrazone groups is 1. The lowest BCUT2D eigenvalue weighted by Gasteiger charge is -2.42. The predicted octanol–water partition coefficient (Wildman–Crippen LogP) is 4.35. The molecular weight excluding hydrogens is 494 g/mol. The fourth-order valence-electron chi connectivity index (χ4n) is 6.32. The fraction of sp³-hybridized carbons (Fsp3) is 0.452. The van der Waals surface area contributed by atoms with Crippen molar-refractivity contribution >= 4 is 17.6 Å². The molecule has 0 spiro atoms. The zero-order valence-electron chi connectivity index (χ0n) is 22.6. The summed E-state index contributed by atoms with van der Waals surface area (Å²) >= 11 is 0. The highest BCUT2D eigenvalue weighted by molar-refractivity contribution is 6.07. The first-order valence-corrected chi connectivity index (χ1v) is 13.9. The molecule has 2 unspecified atom stereocenters.